The predicted octanol–water partition coefficient (Wildman–Crippen LogP) is 2.44. The molecule has 0 saturated carbocycles. The van der Waals surface area contributed by atoms with Crippen LogP contribution in [-0.2, 0) is 11.2 Å². The summed E-state index contributed by atoms with van der Waals surface area (Å²) in [5.41, 5.74) is 0.870. The van der Waals surface area contributed by atoms with Crippen molar-refractivity contribution in [2.75, 3.05) is 12.4 Å². The van der Waals surface area contributed by atoms with Crippen molar-refractivity contribution < 1.29 is 14.5 Å². The van der Waals surface area contributed by atoms with Crippen LogP contribution in [0.25, 0.3) is 0 Å². The number of nitro groups is 1. The number of aromatic nitrogens is 4. The Morgan fingerprint density at radius 3 is 2.74 bits per heavy atom. The fourth-order valence-corrected chi connectivity index (χ4v) is 3.03. The molecule has 0 aliphatic rings. The lowest BCUT2D eigenvalue weighted by Crippen LogP contribution is -2.23. The minimum atomic E-state index is -0.729. The number of nitrogens with one attached hydrogen (secondary N) is 1. The first kappa shape index (κ1) is 18.5. The van der Waals surface area contributed by atoms with Gasteiger partial charge in [0.2, 0.25) is 5.13 Å². The van der Waals surface area contributed by atoms with Gasteiger partial charge in [-0.2, -0.15) is 5.10 Å². The van der Waals surface area contributed by atoms with E-state index in [9.17, 15) is 14.9 Å². The van der Waals surface area contributed by atoms with Crippen LogP contribution in [0.4, 0.5) is 10.8 Å². The fourth-order valence-electron chi connectivity index (χ4n) is 2.26. The number of rotatable bonds is 7. The fraction of sp³-hybridized carbons (Fsp3) is 0.250. The van der Waals surface area contributed by atoms with Crippen LogP contribution >= 0.6 is 11.3 Å². The van der Waals surface area contributed by atoms with E-state index in [1.54, 1.807) is 14.0 Å². The lowest BCUT2D eigenvalue weighted by molar-refractivity contribution is -0.385. The van der Waals surface area contributed by atoms with Gasteiger partial charge in [-0.25, -0.2) is 0 Å². The van der Waals surface area contributed by atoms with E-state index in [0.29, 0.717) is 11.6 Å². The smallest absolute Gasteiger partial charge is 0.307 e. The summed E-state index contributed by atoms with van der Waals surface area (Å²) in [6.45, 7) is 1.59. The van der Waals surface area contributed by atoms with Gasteiger partial charge in [0.25, 0.3) is 5.91 Å². The summed E-state index contributed by atoms with van der Waals surface area (Å²) < 4.78 is 6.35. The molecule has 1 atom stereocenters. The van der Waals surface area contributed by atoms with E-state index >= 15 is 0 Å². The molecule has 0 saturated heterocycles. The summed E-state index contributed by atoms with van der Waals surface area (Å²) in [5, 5.41) is 26.4. The molecule has 10 nitrogen and oxygen atoms in total. The Kier molecular flexibility index (Phi) is 5.41. The topological polar surface area (TPSA) is 125 Å². The number of nitrogens with zero attached hydrogens (tertiary/aromatic N) is 5. The highest BCUT2D eigenvalue weighted by Crippen LogP contribution is 2.21. The van der Waals surface area contributed by atoms with Crippen LogP contribution in [-0.4, -0.2) is 37.9 Å². The molecule has 3 rings (SSSR count). The Bertz CT molecular complexity index is 952. The van der Waals surface area contributed by atoms with E-state index in [4.69, 9.17) is 4.74 Å². The number of anilines is 1. The van der Waals surface area contributed by atoms with Gasteiger partial charge in [0, 0.05) is 6.42 Å². The van der Waals surface area contributed by atoms with Gasteiger partial charge in [-0.3, -0.25) is 24.9 Å². The number of hydrogen-bond donors (Lipinski definition) is 1. The van der Waals surface area contributed by atoms with Crippen molar-refractivity contribution in [1.82, 2.24) is 20.0 Å². The van der Waals surface area contributed by atoms with Gasteiger partial charge in [-0.05, 0) is 24.6 Å². The van der Waals surface area contributed by atoms with E-state index in [1.807, 2.05) is 24.3 Å². The summed E-state index contributed by atoms with van der Waals surface area (Å²) >= 11 is 1.27. The normalized spacial score (nSPS) is 11.8. The molecule has 1 N–H and O–H groups in total. The third-order valence-corrected chi connectivity index (χ3v) is 4.63. The minimum Gasteiger partial charge on any atom is -0.497 e. The first-order chi connectivity index (χ1) is 13.0. The first-order valence-electron chi connectivity index (χ1n) is 7.91. The number of ether oxygens (including phenoxy) is 1. The van der Waals surface area contributed by atoms with Gasteiger partial charge in [0.15, 0.2) is 0 Å². The van der Waals surface area contributed by atoms with Crippen molar-refractivity contribution >= 4 is 28.1 Å². The predicted molar refractivity (Wildman–Crippen MR) is 97.9 cm³/mol. The van der Waals surface area contributed by atoms with Crippen molar-refractivity contribution in [3.05, 3.63) is 57.3 Å². The molecular formula is C16H16N6O4S. The van der Waals surface area contributed by atoms with Crippen LogP contribution in [0.5, 0.6) is 5.75 Å². The molecule has 3 aromatic rings. The van der Waals surface area contributed by atoms with Crippen LogP contribution in [0.2, 0.25) is 0 Å². The van der Waals surface area contributed by atoms with Gasteiger partial charge in [-0.15, -0.1) is 10.2 Å². The summed E-state index contributed by atoms with van der Waals surface area (Å²) in [5.74, 6) is 0.386. The SMILES string of the molecule is COc1ccc(Cc2nnc(NC(=O)C(C)n3cc([N+](=O)[O-])cn3)s2)cc1. The van der Waals surface area contributed by atoms with Crippen LogP contribution in [0, 0.1) is 10.1 Å². The van der Waals surface area contributed by atoms with Crippen molar-refractivity contribution in [1.29, 1.82) is 0 Å². The number of carbonyl (C=O) groups is 1. The number of carbonyl (C=O) groups excluding carboxylic acids is 1. The maximum Gasteiger partial charge on any atom is 0.307 e. The third kappa shape index (κ3) is 4.44. The molecule has 0 radical (unpaired) electrons. The largest absolute Gasteiger partial charge is 0.497 e. The van der Waals surface area contributed by atoms with Gasteiger partial charge < -0.3 is 4.74 Å². The zero-order valence-corrected chi connectivity index (χ0v) is 15.3. The van der Waals surface area contributed by atoms with Gasteiger partial charge in [0.05, 0.1) is 12.0 Å². The van der Waals surface area contributed by atoms with Crippen molar-refractivity contribution in [2.45, 2.75) is 19.4 Å². The maximum atomic E-state index is 12.3. The van der Waals surface area contributed by atoms with E-state index in [0.717, 1.165) is 22.5 Å². The third-order valence-electron chi connectivity index (χ3n) is 3.79. The Balaban J connectivity index is 1.61. The van der Waals surface area contributed by atoms with Crippen LogP contribution in [0.3, 0.4) is 0 Å². The molecule has 0 spiro atoms. The lowest BCUT2D eigenvalue weighted by Gasteiger charge is -2.09. The van der Waals surface area contributed by atoms with Gasteiger partial charge in [-0.1, -0.05) is 23.5 Å². The van der Waals surface area contributed by atoms with Crippen LogP contribution < -0.4 is 10.1 Å². The highest BCUT2D eigenvalue weighted by molar-refractivity contribution is 7.15. The van der Waals surface area contributed by atoms with Crippen molar-refractivity contribution in [2.24, 2.45) is 0 Å². The number of benzene rings is 1. The van der Waals surface area contributed by atoms with E-state index in [2.05, 4.69) is 20.6 Å². The number of methoxy groups -OCH3 is 1. The highest BCUT2D eigenvalue weighted by Gasteiger charge is 2.20. The van der Waals surface area contributed by atoms with Crippen molar-refractivity contribution in [3.63, 3.8) is 0 Å². The Hall–Kier alpha value is -3.34. The molecule has 1 amide bonds. The van der Waals surface area contributed by atoms with Gasteiger partial charge >= 0.3 is 5.69 Å². The summed E-state index contributed by atoms with van der Waals surface area (Å²) in [4.78, 5) is 22.5. The minimum absolute atomic E-state index is 0.174. The van der Waals surface area contributed by atoms with Gasteiger partial charge in [0.1, 0.15) is 29.2 Å². The average Bonchev–Trinajstić information content (AvgIpc) is 3.31. The molecule has 0 bridgehead atoms. The maximum absolute atomic E-state index is 12.3. The Morgan fingerprint density at radius 2 is 2.11 bits per heavy atom. The molecule has 0 aliphatic heterocycles. The summed E-state index contributed by atoms with van der Waals surface area (Å²) in [7, 11) is 1.61. The Morgan fingerprint density at radius 1 is 1.37 bits per heavy atom. The molecule has 27 heavy (non-hydrogen) atoms. The van der Waals surface area contributed by atoms with E-state index < -0.39 is 11.0 Å². The second-order valence-corrected chi connectivity index (χ2v) is 6.69. The number of hydrogen-bond acceptors (Lipinski definition) is 8. The standard InChI is InChI=1S/C16H16N6O4S/c1-10(21-9-12(8-17-21)22(24)25)15(23)18-16-20-19-14(27-16)7-11-3-5-13(26-2)6-4-11/h3-6,8-10H,7H2,1-2H3,(H,18,20,23). The second-order valence-electron chi connectivity index (χ2n) is 5.63. The highest BCUT2D eigenvalue weighted by atomic mass is 32.1. The summed E-state index contributed by atoms with van der Waals surface area (Å²) in [6, 6.07) is 6.87. The molecule has 2 heterocycles. The molecule has 1 unspecified atom stereocenters. The zero-order valence-electron chi connectivity index (χ0n) is 14.5. The zero-order chi connectivity index (χ0) is 19.4. The van der Waals surface area contributed by atoms with Crippen LogP contribution in [0.15, 0.2) is 36.7 Å². The first-order valence-corrected chi connectivity index (χ1v) is 8.72. The molecular weight excluding hydrogens is 372 g/mol. The average molecular weight is 388 g/mol. The second kappa shape index (κ2) is 7.91. The molecule has 11 heteroatoms. The molecule has 0 fully saturated rings. The van der Waals surface area contributed by atoms with E-state index in [-0.39, 0.29) is 11.6 Å². The quantitative estimate of drug-likeness (QED) is 0.487. The summed E-state index contributed by atoms with van der Waals surface area (Å²) in [6.07, 6.45) is 2.89. The molecule has 2 aromatic heterocycles. The Labute approximate surface area is 158 Å². The molecule has 0 aliphatic carbocycles. The lowest BCUT2D eigenvalue weighted by atomic mass is 10.1. The van der Waals surface area contributed by atoms with Crippen molar-refractivity contribution in [3.8, 4) is 5.75 Å². The number of amides is 1. The monoisotopic (exact) mass is 388 g/mol. The van der Waals surface area contributed by atoms with Crippen LogP contribution in [0.1, 0.15) is 23.5 Å². The van der Waals surface area contributed by atoms with E-state index in [1.165, 1.54) is 22.2 Å². The molecule has 1 aromatic carbocycles. The molecule has 140 valence electrons.